The van der Waals surface area contributed by atoms with Crippen LogP contribution in [-0.4, -0.2) is 33.9 Å². The smallest absolute Gasteiger partial charge is 0.261 e. The molecular weight excluding hydrogens is 322 g/mol. The molecule has 1 aromatic carbocycles. The third kappa shape index (κ3) is 3.65. The third-order valence-corrected chi connectivity index (χ3v) is 3.49. The molecule has 1 unspecified atom stereocenters. The number of aliphatic hydroxyl groups excluding tert-OH is 1. The maximum Gasteiger partial charge on any atom is 0.261 e. The number of hydrogen-bond acceptors (Lipinski definition) is 4. The van der Waals surface area contributed by atoms with Gasteiger partial charge in [0.1, 0.15) is 0 Å². The van der Waals surface area contributed by atoms with Gasteiger partial charge in [-0.25, -0.2) is 4.98 Å². The van der Waals surface area contributed by atoms with Crippen molar-refractivity contribution in [3.63, 3.8) is 0 Å². The molecule has 0 aliphatic carbocycles. The van der Waals surface area contributed by atoms with Crippen LogP contribution in [0.5, 0.6) is 0 Å². The molecule has 0 amide bonds. The van der Waals surface area contributed by atoms with Crippen LogP contribution >= 0.6 is 15.9 Å². The Morgan fingerprint density at radius 1 is 1.50 bits per heavy atom. The van der Waals surface area contributed by atoms with Gasteiger partial charge in [-0.1, -0.05) is 22.9 Å². The van der Waals surface area contributed by atoms with E-state index < -0.39 is 6.10 Å². The average Bonchev–Trinajstić information content (AvgIpc) is 2.43. The lowest BCUT2D eigenvalue weighted by atomic mass is 10.2. The summed E-state index contributed by atoms with van der Waals surface area (Å²) in [6, 6.07) is 5.40. The van der Waals surface area contributed by atoms with Gasteiger partial charge < -0.3 is 10.4 Å². The minimum absolute atomic E-state index is 0.133. The molecule has 6 heteroatoms. The molecule has 0 radical (unpaired) electrons. The molecule has 5 nitrogen and oxygen atoms in total. The first kappa shape index (κ1) is 15.2. The van der Waals surface area contributed by atoms with Crippen molar-refractivity contribution in [2.45, 2.75) is 26.0 Å². The first-order valence-electron chi connectivity index (χ1n) is 6.65. The number of aromatic nitrogens is 2. The highest BCUT2D eigenvalue weighted by Crippen LogP contribution is 2.14. The van der Waals surface area contributed by atoms with Crippen molar-refractivity contribution >= 4 is 26.8 Å². The summed E-state index contributed by atoms with van der Waals surface area (Å²) in [4.78, 5) is 16.6. The lowest BCUT2D eigenvalue weighted by molar-refractivity contribution is 0.150. The second-order valence-electron chi connectivity index (χ2n) is 4.72. The molecule has 2 rings (SSSR count). The van der Waals surface area contributed by atoms with Crippen molar-refractivity contribution in [3.05, 3.63) is 39.4 Å². The lowest BCUT2D eigenvalue weighted by Gasteiger charge is -2.13. The third-order valence-electron chi connectivity index (χ3n) is 3.00. The maximum atomic E-state index is 12.3. The Balaban J connectivity index is 2.18. The Labute approximate surface area is 125 Å². The molecule has 2 aromatic rings. The average molecular weight is 340 g/mol. The van der Waals surface area contributed by atoms with Crippen molar-refractivity contribution in [1.29, 1.82) is 0 Å². The van der Waals surface area contributed by atoms with Crippen LogP contribution in [0.15, 0.2) is 33.8 Å². The molecule has 0 aliphatic rings. The largest absolute Gasteiger partial charge is 0.390 e. The Bertz CT molecular complexity index is 642. The highest BCUT2D eigenvalue weighted by atomic mass is 79.9. The molecular formula is C14H18BrN3O2. The predicted octanol–water partition coefficient (Wildman–Crippen LogP) is 1.52. The molecule has 0 aliphatic heterocycles. The zero-order chi connectivity index (χ0) is 14.5. The van der Waals surface area contributed by atoms with Crippen LogP contribution in [0.25, 0.3) is 10.9 Å². The molecule has 1 atom stereocenters. The molecule has 0 saturated carbocycles. The van der Waals surface area contributed by atoms with E-state index in [-0.39, 0.29) is 12.1 Å². The monoisotopic (exact) mass is 339 g/mol. The van der Waals surface area contributed by atoms with Crippen LogP contribution in [0, 0.1) is 0 Å². The van der Waals surface area contributed by atoms with Crippen molar-refractivity contribution in [3.8, 4) is 0 Å². The molecule has 1 heterocycles. The van der Waals surface area contributed by atoms with Crippen LogP contribution in [0.4, 0.5) is 0 Å². The molecule has 0 bridgehead atoms. The van der Waals surface area contributed by atoms with Crippen molar-refractivity contribution in [2.24, 2.45) is 0 Å². The minimum Gasteiger partial charge on any atom is -0.390 e. The van der Waals surface area contributed by atoms with E-state index >= 15 is 0 Å². The number of fused-ring (bicyclic) bond motifs is 1. The topological polar surface area (TPSA) is 67.2 Å². The van der Waals surface area contributed by atoms with Crippen molar-refractivity contribution in [2.75, 3.05) is 13.1 Å². The second-order valence-corrected chi connectivity index (χ2v) is 5.64. The van der Waals surface area contributed by atoms with Gasteiger partial charge in [0, 0.05) is 11.0 Å². The predicted molar refractivity (Wildman–Crippen MR) is 82.9 cm³/mol. The van der Waals surface area contributed by atoms with Crippen LogP contribution in [0.2, 0.25) is 0 Å². The summed E-state index contributed by atoms with van der Waals surface area (Å²) >= 11 is 3.35. The van der Waals surface area contributed by atoms with E-state index in [1.165, 1.54) is 10.9 Å². The fourth-order valence-electron chi connectivity index (χ4n) is 2.00. The van der Waals surface area contributed by atoms with Gasteiger partial charge in [-0.3, -0.25) is 9.36 Å². The molecule has 1 aromatic heterocycles. The van der Waals surface area contributed by atoms with Crippen molar-refractivity contribution < 1.29 is 5.11 Å². The van der Waals surface area contributed by atoms with Gasteiger partial charge in [0.25, 0.3) is 5.56 Å². The molecule has 0 saturated heterocycles. The number of hydrogen-bond donors (Lipinski definition) is 2. The Morgan fingerprint density at radius 3 is 3.05 bits per heavy atom. The van der Waals surface area contributed by atoms with E-state index in [4.69, 9.17) is 0 Å². The fraction of sp³-hybridized carbons (Fsp3) is 0.429. The number of aliphatic hydroxyl groups is 1. The zero-order valence-electron chi connectivity index (χ0n) is 11.3. The molecule has 2 N–H and O–H groups in total. The summed E-state index contributed by atoms with van der Waals surface area (Å²) in [5.74, 6) is 0. The Hall–Kier alpha value is -1.24. The van der Waals surface area contributed by atoms with Gasteiger partial charge in [0.05, 0.1) is 29.9 Å². The summed E-state index contributed by atoms with van der Waals surface area (Å²) in [7, 11) is 0. The molecule has 0 fully saturated rings. The second kappa shape index (κ2) is 6.97. The molecule has 0 spiro atoms. The van der Waals surface area contributed by atoms with Crippen LogP contribution < -0.4 is 10.9 Å². The summed E-state index contributed by atoms with van der Waals surface area (Å²) in [6.45, 7) is 3.63. The van der Waals surface area contributed by atoms with E-state index in [0.717, 1.165) is 17.4 Å². The standard InChI is InChI=1S/C14H18BrN3O2/c1-2-5-16-7-11(19)8-18-9-17-13-4-3-10(15)6-12(13)14(18)20/h3-4,6,9,11,16,19H,2,5,7-8H2,1H3. The van der Waals surface area contributed by atoms with E-state index in [2.05, 4.69) is 33.2 Å². The summed E-state index contributed by atoms with van der Waals surface area (Å²) in [6.07, 6.45) is 1.89. The number of nitrogens with zero attached hydrogens (tertiary/aromatic N) is 2. The highest BCUT2D eigenvalue weighted by molar-refractivity contribution is 9.10. The van der Waals surface area contributed by atoms with Crippen LogP contribution in [-0.2, 0) is 6.54 Å². The van der Waals surface area contributed by atoms with Gasteiger partial charge in [0.2, 0.25) is 0 Å². The van der Waals surface area contributed by atoms with E-state index in [1.807, 2.05) is 6.07 Å². The van der Waals surface area contributed by atoms with Gasteiger partial charge in [0.15, 0.2) is 0 Å². The highest BCUT2D eigenvalue weighted by Gasteiger charge is 2.09. The number of rotatable bonds is 6. The van der Waals surface area contributed by atoms with Gasteiger partial charge >= 0.3 is 0 Å². The fourth-order valence-corrected chi connectivity index (χ4v) is 2.36. The SMILES string of the molecule is CCCNCC(O)Cn1cnc2ccc(Br)cc2c1=O. The number of benzene rings is 1. The maximum absolute atomic E-state index is 12.3. The zero-order valence-corrected chi connectivity index (χ0v) is 12.9. The first-order valence-corrected chi connectivity index (χ1v) is 7.44. The number of halogens is 1. The van der Waals surface area contributed by atoms with Gasteiger partial charge in [-0.05, 0) is 31.2 Å². The van der Waals surface area contributed by atoms with Gasteiger partial charge in [-0.2, -0.15) is 0 Å². The lowest BCUT2D eigenvalue weighted by Crippen LogP contribution is -2.34. The Morgan fingerprint density at radius 2 is 2.30 bits per heavy atom. The van der Waals surface area contributed by atoms with Crippen LogP contribution in [0.3, 0.4) is 0 Å². The van der Waals surface area contributed by atoms with E-state index in [1.54, 1.807) is 12.1 Å². The summed E-state index contributed by atoms with van der Waals surface area (Å²) in [5.41, 5.74) is 0.527. The molecule has 108 valence electrons. The quantitative estimate of drug-likeness (QED) is 0.783. The summed E-state index contributed by atoms with van der Waals surface area (Å²) in [5, 5.41) is 13.6. The first-order chi connectivity index (χ1) is 9.61. The van der Waals surface area contributed by atoms with Gasteiger partial charge in [-0.15, -0.1) is 0 Å². The molecule has 20 heavy (non-hydrogen) atoms. The minimum atomic E-state index is -0.606. The van der Waals surface area contributed by atoms with Crippen molar-refractivity contribution in [1.82, 2.24) is 14.9 Å². The number of nitrogens with one attached hydrogen (secondary N) is 1. The normalized spacial score (nSPS) is 12.8. The summed E-state index contributed by atoms with van der Waals surface area (Å²) < 4.78 is 2.29. The Kier molecular flexibility index (Phi) is 5.28. The van der Waals surface area contributed by atoms with E-state index in [9.17, 15) is 9.90 Å². The van der Waals surface area contributed by atoms with E-state index in [0.29, 0.717) is 17.4 Å². The van der Waals surface area contributed by atoms with Crippen LogP contribution in [0.1, 0.15) is 13.3 Å².